The molecular formula is C9H17FO4. The molecular weight excluding hydrogens is 191 g/mol. The zero-order chi connectivity index (χ0) is 11.1. The van der Waals surface area contributed by atoms with Crippen molar-refractivity contribution in [3.05, 3.63) is 0 Å². The van der Waals surface area contributed by atoms with E-state index < -0.39 is 18.2 Å². The molecule has 0 radical (unpaired) electrons. The number of carboxylic acid groups (broad SMARTS) is 1. The number of aliphatic hydroxyl groups excluding tert-OH is 1. The van der Waals surface area contributed by atoms with Gasteiger partial charge in [-0.15, -0.1) is 0 Å². The highest BCUT2D eigenvalue weighted by Gasteiger charge is 2.22. The molecule has 5 heteroatoms. The summed E-state index contributed by atoms with van der Waals surface area (Å²) in [5, 5.41) is 17.5. The Kier molecular flexibility index (Phi) is 6.40. The van der Waals surface area contributed by atoms with Gasteiger partial charge in [0.1, 0.15) is 0 Å². The molecule has 2 atom stereocenters. The second-order valence-electron chi connectivity index (χ2n) is 3.80. The van der Waals surface area contributed by atoms with Crippen molar-refractivity contribution < 1.29 is 24.5 Å². The molecule has 0 aromatic rings. The Labute approximate surface area is 82.6 Å². The fourth-order valence-electron chi connectivity index (χ4n) is 1.36. The van der Waals surface area contributed by atoms with Gasteiger partial charge in [0.15, 0.2) is 6.29 Å². The minimum Gasteiger partial charge on any atom is -0.481 e. The van der Waals surface area contributed by atoms with E-state index in [0.717, 1.165) is 0 Å². The fraction of sp³-hybridized carbons (Fsp3) is 0.889. The monoisotopic (exact) mass is 208 g/mol. The van der Waals surface area contributed by atoms with Gasteiger partial charge in [-0.05, 0) is 23.3 Å². The second-order valence-corrected chi connectivity index (χ2v) is 3.80. The van der Waals surface area contributed by atoms with Crippen molar-refractivity contribution in [2.45, 2.75) is 39.4 Å². The number of aliphatic hydroxyl groups is 1. The molecule has 0 aliphatic rings. The van der Waals surface area contributed by atoms with Gasteiger partial charge in [0.2, 0.25) is 0 Å². The van der Waals surface area contributed by atoms with Gasteiger partial charge in [0.05, 0.1) is 0 Å². The van der Waals surface area contributed by atoms with Crippen LogP contribution in [0.2, 0.25) is 0 Å². The molecule has 0 aromatic heterocycles. The third kappa shape index (κ3) is 5.88. The summed E-state index contributed by atoms with van der Waals surface area (Å²) >= 11 is 0. The summed E-state index contributed by atoms with van der Waals surface area (Å²) < 4.78 is 11.7. The first-order valence-electron chi connectivity index (χ1n) is 4.64. The lowest BCUT2D eigenvalue weighted by Gasteiger charge is -2.20. The second kappa shape index (κ2) is 6.73. The first kappa shape index (κ1) is 13.3. The average molecular weight is 208 g/mol. The highest BCUT2D eigenvalue weighted by atomic mass is 19.3. The van der Waals surface area contributed by atoms with E-state index in [9.17, 15) is 9.32 Å². The van der Waals surface area contributed by atoms with Crippen molar-refractivity contribution in [1.82, 2.24) is 0 Å². The van der Waals surface area contributed by atoms with Gasteiger partial charge in [-0.2, -0.15) is 4.94 Å². The van der Waals surface area contributed by atoms with Crippen molar-refractivity contribution in [3.63, 3.8) is 0 Å². The lowest BCUT2D eigenvalue weighted by atomic mass is 9.92. The molecule has 0 fully saturated rings. The Morgan fingerprint density at radius 3 is 2.43 bits per heavy atom. The molecule has 0 spiro atoms. The zero-order valence-corrected chi connectivity index (χ0v) is 8.44. The van der Waals surface area contributed by atoms with E-state index in [1.807, 2.05) is 13.8 Å². The first-order valence-corrected chi connectivity index (χ1v) is 4.64. The van der Waals surface area contributed by atoms with E-state index in [4.69, 9.17) is 10.2 Å². The normalized spacial score (nSPS) is 15.5. The van der Waals surface area contributed by atoms with E-state index in [1.54, 1.807) is 0 Å². The van der Waals surface area contributed by atoms with E-state index in [-0.39, 0.29) is 18.8 Å². The fourth-order valence-corrected chi connectivity index (χ4v) is 1.36. The third-order valence-corrected chi connectivity index (χ3v) is 2.00. The van der Waals surface area contributed by atoms with Crippen LogP contribution in [0.25, 0.3) is 0 Å². The largest absolute Gasteiger partial charge is 0.481 e. The molecule has 0 rings (SSSR count). The molecule has 2 unspecified atom stereocenters. The number of hydrogen-bond acceptors (Lipinski definition) is 3. The molecule has 0 heterocycles. The number of carbonyl (C=O) groups is 1. The van der Waals surface area contributed by atoms with E-state index in [1.165, 1.54) is 0 Å². The van der Waals surface area contributed by atoms with Crippen molar-refractivity contribution in [1.29, 1.82) is 0 Å². The van der Waals surface area contributed by atoms with Crippen LogP contribution >= 0.6 is 0 Å². The summed E-state index contributed by atoms with van der Waals surface area (Å²) in [4.78, 5) is 13.6. The molecule has 0 aromatic carbocycles. The van der Waals surface area contributed by atoms with Crippen LogP contribution in [-0.2, 0) is 9.74 Å². The van der Waals surface area contributed by atoms with Crippen molar-refractivity contribution in [2.24, 2.45) is 11.8 Å². The summed E-state index contributed by atoms with van der Waals surface area (Å²) in [7, 11) is 0. The lowest BCUT2D eigenvalue weighted by molar-refractivity contribution is -0.277. The zero-order valence-electron chi connectivity index (χ0n) is 8.44. The topological polar surface area (TPSA) is 66.8 Å². The van der Waals surface area contributed by atoms with Gasteiger partial charge in [-0.3, -0.25) is 4.79 Å². The first-order chi connectivity index (χ1) is 6.47. The van der Waals surface area contributed by atoms with Crippen LogP contribution in [0.4, 0.5) is 4.53 Å². The standard InChI is InChI=1S/C9H17FO4/c1-6(2)5-7(9(13)14-10)3-4-8(11)12/h6-7,9,13H,3-5H2,1-2H3,(H,11,12). The molecule has 2 N–H and O–H groups in total. The molecule has 0 amide bonds. The molecule has 84 valence electrons. The van der Waals surface area contributed by atoms with Crippen LogP contribution < -0.4 is 0 Å². The number of aliphatic carboxylic acids is 1. The van der Waals surface area contributed by atoms with Gasteiger partial charge >= 0.3 is 5.97 Å². The van der Waals surface area contributed by atoms with E-state index >= 15 is 0 Å². The van der Waals surface area contributed by atoms with Gasteiger partial charge in [0.25, 0.3) is 0 Å². The van der Waals surface area contributed by atoms with Crippen LogP contribution in [0.3, 0.4) is 0 Å². The number of hydrogen-bond donors (Lipinski definition) is 2. The predicted molar refractivity (Wildman–Crippen MR) is 48.0 cm³/mol. The average Bonchev–Trinajstić information content (AvgIpc) is 2.10. The number of halogens is 1. The van der Waals surface area contributed by atoms with Crippen LogP contribution in [0.1, 0.15) is 33.1 Å². The predicted octanol–water partition coefficient (Wildman–Crippen LogP) is 1.73. The summed E-state index contributed by atoms with van der Waals surface area (Å²) in [5.41, 5.74) is 0. The van der Waals surface area contributed by atoms with Gasteiger partial charge in [0, 0.05) is 12.3 Å². The minimum atomic E-state index is -1.52. The van der Waals surface area contributed by atoms with Gasteiger partial charge in [-0.1, -0.05) is 13.8 Å². The molecule has 0 bridgehead atoms. The van der Waals surface area contributed by atoms with Gasteiger partial charge < -0.3 is 10.2 Å². The number of carboxylic acids is 1. The summed E-state index contributed by atoms with van der Waals surface area (Å²) in [6, 6.07) is 0. The SMILES string of the molecule is CC(C)CC(CCC(=O)O)C(O)OF. The molecule has 0 saturated carbocycles. The van der Waals surface area contributed by atoms with Crippen LogP contribution in [0, 0.1) is 11.8 Å². The van der Waals surface area contributed by atoms with E-state index in [2.05, 4.69) is 4.94 Å². The summed E-state index contributed by atoms with van der Waals surface area (Å²) in [6.45, 7) is 3.83. The molecule has 4 nitrogen and oxygen atoms in total. The van der Waals surface area contributed by atoms with Crippen LogP contribution in [0.15, 0.2) is 0 Å². The Balaban J connectivity index is 4.03. The molecule has 0 aliphatic carbocycles. The Hall–Kier alpha value is -0.680. The lowest BCUT2D eigenvalue weighted by Crippen LogP contribution is -2.23. The smallest absolute Gasteiger partial charge is 0.303 e. The maximum Gasteiger partial charge on any atom is 0.303 e. The maximum atomic E-state index is 11.7. The molecule has 0 aliphatic heterocycles. The maximum absolute atomic E-state index is 11.7. The summed E-state index contributed by atoms with van der Waals surface area (Å²) in [5.74, 6) is -1.15. The third-order valence-electron chi connectivity index (χ3n) is 2.00. The minimum absolute atomic E-state index is 0.0855. The Morgan fingerprint density at radius 1 is 1.50 bits per heavy atom. The molecule has 0 saturated heterocycles. The van der Waals surface area contributed by atoms with Crippen molar-refractivity contribution in [3.8, 4) is 0 Å². The van der Waals surface area contributed by atoms with Gasteiger partial charge in [-0.25, -0.2) is 0 Å². The quantitative estimate of drug-likeness (QED) is 0.625. The van der Waals surface area contributed by atoms with E-state index in [0.29, 0.717) is 6.42 Å². The van der Waals surface area contributed by atoms with Crippen LogP contribution in [-0.4, -0.2) is 22.5 Å². The number of rotatable bonds is 7. The Morgan fingerprint density at radius 2 is 2.07 bits per heavy atom. The van der Waals surface area contributed by atoms with Crippen LogP contribution in [0.5, 0.6) is 0 Å². The summed E-state index contributed by atoms with van der Waals surface area (Å²) in [6.07, 6.45) is -0.842. The highest BCUT2D eigenvalue weighted by molar-refractivity contribution is 5.66. The van der Waals surface area contributed by atoms with Crippen molar-refractivity contribution in [2.75, 3.05) is 0 Å². The highest BCUT2D eigenvalue weighted by Crippen LogP contribution is 2.21. The molecule has 14 heavy (non-hydrogen) atoms. The Bertz CT molecular complexity index is 172. The van der Waals surface area contributed by atoms with Crippen molar-refractivity contribution >= 4 is 5.97 Å².